The van der Waals surface area contributed by atoms with Crippen molar-refractivity contribution in [3.63, 3.8) is 0 Å². The van der Waals surface area contributed by atoms with Gasteiger partial charge in [-0.25, -0.2) is 0 Å². The molecular weight excluding hydrogens is 231 g/mol. The van der Waals surface area contributed by atoms with Crippen molar-refractivity contribution >= 4 is 25.2 Å². The van der Waals surface area contributed by atoms with E-state index in [1.165, 1.54) is 10.4 Å². The molecule has 0 saturated carbocycles. The van der Waals surface area contributed by atoms with Crippen molar-refractivity contribution in [2.75, 3.05) is 6.66 Å². The van der Waals surface area contributed by atoms with Crippen molar-refractivity contribution in [3.05, 3.63) is 41.3 Å². The molecule has 2 heteroatoms. The second-order valence-electron chi connectivity index (χ2n) is 4.16. The molecule has 0 aliphatic rings. The first-order valence-electron chi connectivity index (χ1n) is 5.59. The van der Waals surface area contributed by atoms with Gasteiger partial charge in [0, 0.05) is 9.75 Å². The zero-order valence-corrected chi connectivity index (χ0v) is 11.8. The first-order valence-corrected chi connectivity index (χ1v) is 7.91. The van der Waals surface area contributed by atoms with Crippen LogP contribution in [-0.4, -0.2) is 6.66 Å². The monoisotopic (exact) mass is 248 g/mol. The molecule has 0 amide bonds. The zero-order chi connectivity index (χ0) is 11.5. The predicted molar refractivity (Wildman–Crippen MR) is 77.7 cm³/mol. The molecule has 1 aromatic carbocycles. The number of rotatable bonds is 3. The van der Waals surface area contributed by atoms with Crippen LogP contribution in [0.5, 0.6) is 0 Å². The summed E-state index contributed by atoms with van der Waals surface area (Å²) in [5.41, 5.74) is 1.35. The van der Waals surface area contributed by atoms with Crippen molar-refractivity contribution in [2.24, 2.45) is 0 Å². The Balaban J connectivity index is 2.44. The van der Waals surface area contributed by atoms with E-state index in [4.69, 9.17) is 0 Å². The molecule has 1 heterocycles. The molecule has 0 aliphatic heterocycles. The first-order chi connectivity index (χ1) is 7.72. The van der Waals surface area contributed by atoms with Crippen molar-refractivity contribution in [3.8, 4) is 10.4 Å². The highest BCUT2D eigenvalue weighted by Crippen LogP contribution is 2.33. The average Bonchev–Trinajstić information content (AvgIpc) is 2.74. The molecule has 0 aliphatic carbocycles. The van der Waals surface area contributed by atoms with E-state index < -0.39 is 0 Å². The molecule has 0 radical (unpaired) electrons. The van der Waals surface area contributed by atoms with Gasteiger partial charge in [-0.1, -0.05) is 52.8 Å². The van der Waals surface area contributed by atoms with Crippen LogP contribution in [0.1, 0.15) is 24.6 Å². The topological polar surface area (TPSA) is 0 Å². The maximum absolute atomic E-state index is 2.37. The minimum absolute atomic E-state index is 0.643. The Kier molecular flexibility index (Phi) is 3.78. The fourth-order valence-corrected chi connectivity index (χ4v) is 4.23. The largest absolute Gasteiger partial charge is 0.139 e. The Bertz CT molecular complexity index is 457. The summed E-state index contributed by atoms with van der Waals surface area (Å²) in [6.45, 7) is 6.83. The number of thiophene rings is 1. The fourth-order valence-electron chi connectivity index (χ4n) is 1.77. The summed E-state index contributed by atoms with van der Waals surface area (Å²) >= 11 is 1.95. The van der Waals surface area contributed by atoms with Gasteiger partial charge in [0.15, 0.2) is 0 Å². The Morgan fingerprint density at radius 2 is 1.81 bits per heavy atom. The van der Waals surface area contributed by atoms with Gasteiger partial charge in [-0.3, -0.25) is 0 Å². The van der Waals surface area contributed by atoms with Gasteiger partial charge < -0.3 is 0 Å². The van der Waals surface area contributed by atoms with E-state index in [2.05, 4.69) is 56.9 Å². The van der Waals surface area contributed by atoms with E-state index in [1.807, 2.05) is 11.3 Å². The second kappa shape index (κ2) is 5.12. The van der Waals surface area contributed by atoms with Gasteiger partial charge in [0.25, 0.3) is 0 Å². The first kappa shape index (κ1) is 11.8. The van der Waals surface area contributed by atoms with Gasteiger partial charge in [-0.05, 0) is 29.5 Å². The smallest absolute Gasteiger partial charge is 0.0352 e. The van der Waals surface area contributed by atoms with Gasteiger partial charge in [-0.2, -0.15) is 0 Å². The third kappa shape index (κ3) is 2.36. The molecular formula is C14H17PS. The number of hydrogen-bond acceptors (Lipinski definition) is 1. The highest BCUT2D eigenvalue weighted by molar-refractivity contribution is 7.47. The lowest BCUT2D eigenvalue weighted by Gasteiger charge is -2.03. The molecule has 2 rings (SSSR count). The molecule has 1 unspecified atom stereocenters. The molecule has 0 N–H and O–H groups in total. The predicted octanol–water partition coefficient (Wildman–Crippen LogP) is 4.47. The Labute approximate surface area is 104 Å². The number of benzene rings is 1. The van der Waals surface area contributed by atoms with Crippen LogP contribution in [0.15, 0.2) is 36.4 Å². The summed E-state index contributed by atoms with van der Waals surface area (Å²) in [5, 5.41) is 1.54. The lowest BCUT2D eigenvalue weighted by molar-refractivity contribution is 0.895. The molecule has 84 valence electrons. The van der Waals surface area contributed by atoms with E-state index in [9.17, 15) is 0 Å². The maximum Gasteiger partial charge on any atom is 0.0352 e. The normalized spacial score (nSPS) is 11.8. The zero-order valence-electron chi connectivity index (χ0n) is 9.95. The summed E-state index contributed by atoms with van der Waals surface area (Å²) in [6.07, 6.45) is 0. The quantitative estimate of drug-likeness (QED) is 0.703. The van der Waals surface area contributed by atoms with Crippen LogP contribution in [0.4, 0.5) is 0 Å². The molecule has 0 spiro atoms. The summed E-state index contributed by atoms with van der Waals surface area (Å²) < 4.78 is 0. The van der Waals surface area contributed by atoms with Crippen molar-refractivity contribution in [1.29, 1.82) is 0 Å². The van der Waals surface area contributed by atoms with Crippen molar-refractivity contribution < 1.29 is 0 Å². The molecule has 0 nitrogen and oxygen atoms in total. The second-order valence-corrected chi connectivity index (χ2v) is 6.28. The summed E-state index contributed by atoms with van der Waals surface area (Å²) in [7, 11) is 0.898. The molecule has 16 heavy (non-hydrogen) atoms. The van der Waals surface area contributed by atoms with Crippen LogP contribution in [0.3, 0.4) is 0 Å². The average molecular weight is 248 g/mol. The van der Waals surface area contributed by atoms with E-state index in [0.29, 0.717) is 5.92 Å². The van der Waals surface area contributed by atoms with E-state index in [-0.39, 0.29) is 0 Å². The molecule has 1 atom stereocenters. The molecule has 0 saturated heterocycles. The van der Waals surface area contributed by atoms with Gasteiger partial charge in [0.05, 0.1) is 0 Å². The Hall–Kier alpha value is -0.650. The van der Waals surface area contributed by atoms with Crippen LogP contribution in [0.25, 0.3) is 10.4 Å². The molecule has 2 aromatic rings. The maximum atomic E-state index is 2.37. The van der Waals surface area contributed by atoms with E-state index in [1.54, 1.807) is 10.2 Å². The Morgan fingerprint density at radius 3 is 2.31 bits per heavy atom. The van der Waals surface area contributed by atoms with Gasteiger partial charge in [-0.15, -0.1) is 11.3 Å². The van der Waals surface area contributed by atoms with Crippen LogP contribution >= 0.6 is 19.9 Å². The molecule has 0 bridgehead atoms. The SMILES string of the molecule is CPc1cc(-c2ccccc2)sc1C(C)C. The van der Waals surface area contributed by atoms with Gasteiger partial charge in [0.1, 0.15) is 0 Å². The van der Waals surface area contributed by atoms with Crippen molar-refractivity contribution in [2.45, 2.75) is 19.8 Å². The summed E-state index contributed by atoms with van der Waals surface area (Å²) in [4.78, 5) is 2.97. The highest BCUT2D eigenvalue weighted by Gasteiger charge is 2.11. The lowest BCUT2D eigenvalue weighted by atomic mass is 10.1. The van der Waals surface area contributed by atoms with E-state index >= 15 is 0 Å². The van der Waals surface area contributed by atoms with E-state index in [0.717, 1.165) is 8.58 Å². The third-order valence-electron chi connectivity index (χ3n) is 2.61. The van der Waals surface area contributed by atoms with Gasteiger partial charge >= 0.3 is 0 Å². The van der Waals surface area contributed by atoms with Crippen LogP contribution in [-0.2, 0) is 0 Å². The standard InChI is InChI=1S/C14H17PS/c1-10(2)14-12(15-3)9-13(16-14)11-7-5-4-6-8-11/h4-10,15H,1-3H3. The fraction of sp³-hybridized carbons (Fsp3) is 0.286. The third-order valence-corrected chi connectivity index (χ3v) is 5.23. The van der Waals surface area contributed by atoms with Crippen LogP contribution < -0.4 is 5.30 Å². The summed E-state index contributed by atoms with van der Waals surface area (Å²) in [5.74, 6) is 0.643. The van der Waals surface area contributed by atoms with Crippen LogP contribution in [0, 0.1) is 0 Å². The minimum Gasteiger partial charge on any atom is -0.139 e. The van der Waals surface area contributed by atoms with Crippen LogP contribution in [0.2, 0.25) is 0 Å². The lowest BCUT2D eigenvalue weighted by Crippen LogP contribution is -1.98. The molecule has 0 fully saturated rings. The van der Waals surface area contributed by atoms with Gasteiger partial charge in [0.2, 0.25) is 0 Å². The summed E-state index contributed by atoms with van der Waals surface area (Å²) in [6, 6.07) is 13.0. The molecule has 1 aromatic heterocycles. The van der Waals surface area contributed by atoms with Crippen molar-refractivity contribution in [1.82, 2.24) is 0 Å². The number of hydrogen-bond donors (Lipinski definition) is 0. The Morgan fingerprint density at radius 1 is 1.12 bits per heavy atom. The highest BCUT2D eigenvalue weighted by atomic mass is 32.1. The minimum atomic E-state index is 0.643.